The molecule has 4 nitrogen and oxygen atoms in total. The third-order valence-corrected chi connectivity index (χ3v) is 6.20. The number of nitrogens with one attached hydrogen (secondary N) is 2. The highest BCUT2D eigenvalue weighted by molar-refractivity contribution is 5.99. The minimum atomic E-state index is -0.230. The lowest BCUT2D eigenvalue weighted by Gasteiger charge is -2.13. The Hall–Kier alpha value is -3.11. The van der Waals surface area contributed by atoms with Crippen molar-refractivity contribution in [2.45, 2.75) is 38.1 Å². The second-order valence-electron chi connectivity index (χ2n) is 8.81. The van der Waals surface area contributed by atoms with Crippen LogP contribution in [0.2, 0.25) is 0 Å². The summed E-state index contributed by atoms with van der Waals surface area (Å²) in [6, 6.07) is 20.6. The number of fused-ring (bicyclic) bond motifs is 2. The van der Waals surface area contributed by atoms with Gasteiger partial charge in [0.1, 0.15) is 6.04 Å². The van der Waals surface area contributed by atoms with Gasteiger partial charge < -0.3 is 15.5 Å². The standard InChI is InChI=1S/C28H33N3O/c1-3-16-31(2)17-8-4-5-9-21-12-15-26-24(18-21)20-27(30-26)28(32)29-25-14-13-22-10-6-7-11-23(22)19-25/h3,6-7,10-15,18-19,27,30H,1,4-5,8-9,16-17,20H2,2H3,(H,29,32). The molecule has 0 saturated heterocycles. The molecule has 0 bridgehead atoms. The Balaban J connectivity index is 1.27. The summed E-state index contributed by atoms with van der Waals surface area (Å²) in [5.74, 6) is 0.0154. The summed E-state index contributed by atoms with van der Waals surface area (Å²) in [5, 5.41) is 8.78. The van der Waals surface area contributed by atoms with Crippen LogP contribution in [0, 0.1) is 0 Å². The summed E-state index contributed by atoms with van der Waals surface area (Å²) in [6.07, 6.45) is 7.41. The first-order valence-corrected chi connectivity index (χ1v) is 11.6. The fourth-order valence-corrected chi connectivity index (χ4v) is 4.42. The maximum atomic E-state index is 12.9. The van der Waals surface area contributed by atoms with Gasteiger partial charge in [0.05, 0.1) is 0 Å². The van der Waals surface area contributed by atoms with Crippen molar-refractivity contribution in [3.8, 4) is 0 Å². The summed E-state index contributed by atoms with van der Waals surface area (Å²) < 4.78 is 0. The fourth-order valence-electron chi connectivity index (χ4n) is 4.42. The molecule has 166 valence electrons. The SMILES string of the molecule is C=CCN(C)CCCCCc1ccc2c(c1)CC(C(=O)Nc1ccc3ccccc3c1)N2. The first kappa shape index (κ1) is 22.1. The Bertz CT molecular complexity index is 1090. The van der Waals surface area contributed by atoms with Crippen LogP contribution in [0.5, 0.6) is 0 Å². The predicted molar refractivity (Wildman–Crippen MR) is 135 cm³/mol. The largest absolute Gasteiger partial charge is 0.373 e. The van der Waals surface area contributed by atoms with E-state index < -0.39 is 0 Å². The van der Waals surface area contributed by atoms with Gasteiger partial charge in [-0.1, -0.05) is 55.0 Å². The lowest BCUT2D eigenvalue weighted by atomic mass is 10.0. The number of nitrogens with zero attached hydrogens (tertiary/aromatic N) is 1. The molecular weight excluding hydrogens is 394 g/mol. The van der Waals surface area contributed by atoms with E-state index >= 15 is 0 Å². The molecule has 1 heterocycles. The molecule has 32 heavy (non-hydrogen) atoms. The van der Waals surface area contributed by atoms with Crippen LogP contribution in [0.15, 0.2) is 73.3 Å². The molecule has 0 saturated carbocycles. The molecule has 3 aromatic carbocycles. The average molecular weight is 428 g/mol. The van der Waals surface area contributed by atoms with Gasteiger partial charge in [-0.25, -0.2) is 0 Å². The van der Waals surface area contributed by atoms with Crippen molar-refractivity contribution in [3.05, 3.63) is 84.4 Å². The highest BCUT2D eigenvalue weighted by atomic mass is 16.2. The first-order chi connectivity index (χ1) is 15.6. The molecule has 4 heteroatoms. The number of hydrogen-bond donors (Lipinski definition) is 2. The van der Waals surface area contributed by atoms with Crippen LogP contribution in [0.4, 0.5) is 11.4 Å². The van der Waals surface area contributed by atoms with Crippen LogP contribution in [-0.2, 0) is 17.6 Å². The van der Waals surface area contributed by atoms with Gasteiger partial charge in [0.25, 0.3) is 0 Å². The summed E-state index contributed by atoms with van der Waals surface area (Å²) >= 11 is 0. The van der Waals surface area contributed by atoms with E-state index in [1.54, 1.807) is 0 Å². The second kappa shape index (κ2) is 10.5. The van der Waals surface area contributed by atoms with Crippen molar-refractivity contribution in [2.75, 3.05) is 30.8 Å². The molecule has 0 aliphatic carbocycles. The summed E-state index contributed by atoms with van der Waals surface area (Å²) in [5.41, 5.74) is 4.52. The Morgan fingerprint density at radius 2 is 1.94 bits per heavy atom. The van der Waals surface area contributed by atoms with Crippen molar-refractivity contribution in [1.29, 1.82) is 0 Å². The maximum absolute atomic E-state index is 12.9. The number of hydrogen-bond acceptors (Lipinski definition) is 3. The number of aryl methyl sites for hydroxylation is 1. The zero-order valence-corrected chi connectivity index (χ0v) is 18.9. The normalized spacial score (nSPS) is 14.9. The van der Waals surface area contributed by atoms with Gasteiger partial charge in [0.2, 0.25) is 5.91 Å². The third-order valence-electron chi connectivity index (χ3n) is 6.20. The average Bonchev–Trinajstić information content (AvgIpc) is 3.23. The Morgan fingerprint density at radius 3 is 2.78 bits per heavy atom. The molecule has 2 N–H and O–H groups in total. The van der Waals surface area contributed by atoms with Gasteiger partial charge in [0.15, 0.2) is 0 Å². The number of unbranched alkanes of at least 4 members (excludes halogenated alkanes) is 2. The van der Waals surface area contributed by atoms with Crippen LogP contribution in [0.1, 0.15) is 30.4 Å². The number of likely N-dealkylation sites (N-methyl/N-ethyl adjacent to an activating group) is 1. The van der Waals surface area contributed by atoms with E-state index in [0.29, 0.717) is 0 Å². The zero-order valence-electron chi connectivity index (χ0n) is 18.9. The Morgan fingerprint density at radius 1 is 1.09 bits per heavy atom. The van der Waals surface area contributed by atoms with E-state index in [9.17, 15) is 4.79 Å². The fraction of sp³-hybridized carbons (Fsp3) is 0.321. The molecule has 1 aliphatic heterocycles. The Kier molecular flexibility index (Phi) is 7.23. The van der Waals surface area contributed by atoms with Crippen molar-refractivity contribution in [2.24, 2.45) is 0 Å². The first-order valence-electron chi connectivity index (χ1n) is 11.6. The lowest BCUT2D eigenvalue weighted by molar-refractivity contribution is -0.116. The molecule has 0 radical (unpaired) electrons. The molecule has 1 amide bonds. The van der Waals surface area contributed by atoms with Crippen molar-refractivity contribution in [1.82, 2.24) is 4.90 Å². The maximum Gasteiger partial charge on any atom is 0.247 e. The summed E-state index contributed by atoms with van der Waals surface area (Å²) in [6.45, 7) is 5.86. The minimum absolute atomic E-state index is 0.0154. The highest BCUT2D eigenvalue weighted by Gasteiger charge is 2.26. The Labute approximate surface area is 191 Å². The number of anilines is 2. The molecule has 0 fully saturated rings. The van der Waals surface area contributed by atoms with Crippen LogP contribution < -0.4 is 10.6 Å². The van der Waals surface area contributed by atoms with E-state index in [2.05, 4.69) is 59.5 Å². The van der Waals surface area contributed by atoms with Crippen molar-refractivity contribution in [3.63, 3.8) is 0 Å². The van der Waals surface area contributed by atoms with E-state index in [4.69, 9.17) is 0 Å². The van der Waals surface area contributed by atoms with Crippen LogP contribution in [-0.4, -0.2) is 37.0 Å². The highest BCUT2D eigenvalue weighted by Crippen LogP contribution is 2.28. The van der Waals surface area contributed by atoms with E-state index in [0.717, 1.165) is 42.7 Å². The van der Waals surface area contributed by atoms with Crippen LogP contribution in [0.25, 0.3) is 10.8 Å². The quantitative estimate of drug-likeness (QED) is 0.325. The van der Waals surface area contributed by atoms with Gasteiger partial charge in [0, 0.05) is 24.3 Å². The molecular formula is C28H33N3O. The monoisotopic (exact) mass is 427 g/mol. The number of benzene rings is 3. The molecule has 1 atom stereocenters. The lowest BCUT2D eigenvalue weighted by Crippen LogP contribution is -2.32. The van der Waals surface area contributed by atoms with Crippen LogP contribution >= 0.6 is 0 Å². The molecule has 4 rings (SSSR count). The topological polar surface area (TPSA) is 44.4 Å². The van der Waals surface area contributed by atoms with Gasteiger partial charge in [-0.3, -0.25) is 4.79 Å². The smallest absolute Gasteiger partial charge is 0.247 e. The van der Waals surface area contributed by atoms with E-state index in [-0.39, 0.29) is 11.9 Å². The van der Waals surface area contributed by atoms with Gasteiger partial charge in [-0.15, -0.1) is 6.58 Å². The minimum Gasteiger partial charge on any atom is -0.373 e. The predicted octanol–water partition coefficient (Wildman–Crippen LogP) is 5.65. The summed E-state index contributed by atoms with van der Waals surface area (Å²) in [4.78, 5) is 15.2. The molecule has 0 spiro atoms. The van der Waals surface area contributed by atoms with Gasteiger partial charge in [-0.05, 0) is 73.0 Å². The number of carbonyl (C=O) groups is 1. The zero-order chi connectivity index (χ0) is 22.3. The molecule has 1 unspecified atom stereocenters. The van der Waals surface area contributed by atoms with Crippen molar-refractivity contribution >= 4 is 28.1 Å². The second-order valence-corrected chi connectivity index (χ2v) is 8.81. The number of amides is 1. The van der Waals surface area contributed by atoms with Gasteiger partial charge >= 0.3 is 0 Å². The van der Waals surface area contributed by atoms with E-state index in [1.807, 2.05) is 36.4 Å². The van der Waals surface area contributed by atoms with E-state index in [1.165, 1.54) is 35.8 Å². The summed E-state index contributed by atoms with van der Waals surface area (Å²) in [7, 11) is 2.14. The van der Waals surface area contributed by atoms with Crippen LogP contribution in [0.3, 0.4) is 0 Å². The number of carbonyl (C=O) groups excluding carboxylic acids is 1. The molecule has 3 aromatic rings. The van der Waals surface area contributed by atoms with Gasteiger partial charge in [-0.2, -0.15) is 0 Å². The third kappa shape index (κ3) is 5.57. The number of rotatable bonds is 10. The molecule has 1 aliphatic rings. The molecule has 0 aromatic heterocycles. The van der Waals surface area contributed by atoms with Crippen molar-refractivity contribution < 1.29 is 4.79 Å².